The molecule has 6 nitrogen and oxygen atoms in total. The molecule has 0 atom stereocenters. The Bertz CT molecular complexity index is 727. The zero-order valence-electron chi connectivity index (χ0n) is 10.6. The number of pyridine rings is 1. The SMILES string of the molecule is Clc1ccc(-c2nnnn2OCc2ccc(Cl)nc2)cc1. The largest absolute Gasteiger partial charge is 0.389 e. The van der Waals surface area contributed by atoms with E-state index in [0.29, 0.717) is 16.0 Å². The van der Waals surface area contributed by atoms with E-state index in [1.807, 2.05) is 18.2 Å². The van der Waals surface area contributed by atoms with Crippen LogP contribution in [-0.4, -0.2) is 25.4 Å². The minimum absolute atomic E-state index is 0.274. The van der Waals surface area contributed by atoms with Crippen molar-refractivity contribution in [3.63, 3.8) is 0 Å². The van der Waals surface area contributed by atoms with E-state index in [-0.39, 0.29) is 6.61 Å². The summed E-state index contributed by atoms with van der Waals surface area (Å²) in [5.41, 5.74) is 1.66. The molecule has 0 N–H and O–H groups in total. The summed E-state index contributed by atoms with van der Waals surface area (Å²) in [5.74, 6) is 0.494. The molecule has 8 heteroatoms. The summed E-state index contributed by atoms with van der Waals surface area (Å²) in [6.07, 6.45) is 1.63. The molecule has 3 aromatic rings. The minimum atomic E-state index is 0.274. The molecule has 0 radical (unpaired) electrons. The Morgan fingerprint density at radius 2 is 1.86 bits per heavy atom. The Hall–Kier alpha value is -2.18. The highest BCUT2D eigenvalue weighted by atomic mass is 35.5. The molecule has 21 heavy (non-hydrogen) atoms. The third kappa shape index (κ3) is 3.29. The van der Waals surface area contributed by atoms with Gasteiger partial charge in [0, 0.05) is 22.3 Å². The van der Waals surface area contributed by atoms with Crippen LogP contribution in [0.25, 0.3) is 11.4 Å². The Kier molecular flexibility index (Phi) is 3.98. The molecule has 0 aliphatic rings. The van der Waals surface area contributed by atoms with Crippen molar-refractivity contribution < 1.29 is 4.84 Å². The van der Waals surface area contributed by atoms with E-state index >= 15 is 0 Å². The van der Waals surface area contributed by atoms with Crippen LogP contribution in [0.2, 0.25) is 10.2 Å². The normalized spacial score (nSPS) is 10.6. The average Bonchev–Trinajstić information content (AvgIpc) is 2.96. The molecule has 0 spiro atoms. The highest BCUT2D eigenvalue weighted by Crippen LogP contribution is 2.18. The lowest BCUT2D eigenvalue weighted by molar-refractivity contribution is 0.0693. The van der Waals surface area contributed by atoms with E-state index in [0.717, 1.165) is 11.1 Å². The van der Waals surface area contributed by atoms with Crippen molar-refractivity contribution in [2.24, 2.45) is 0 Å². The van der Waals surface area contributed by atoms with E-state index in [1.165, 1.54) is 4.85 Å². The fourth-order valence-corrected chi connectivity index (χ4v) is 1.90. The summed E-state index contributed by atoms with van der Waals surface area (Å²) in [4.78, 5) is 10.8. The number of tetrazole rings is 1. The first-order chi connectivity index (χ1) is 10.2. The lowest BCUT2D eigenvalue weighted by Gasteiger charge is -2.06. The molecule has 2 aromatic heterocycles. The second kappa shape index (κ2) is 6.07. The molecular weight excluding hydrogens is 313 g/mol. The summed E-state index contributed by atoms with van der Waals surface area (Å²) >= 11 is 11.6. The van der Waals surface area contributed by atoms with Gasteiger partial charge < -0.3 is 4.84 Å². The molecule has 0 unspecified atom stereocenters. The lowest BCUT2D eigenvalue weighted by Crippen LogP contribution is -2.14. The molecule has 106 valence electrons. The summed E-state index contributed by atoms with van der Waals surface area (Å²) in [5, 5.41) is 12.4. The Balaban J connectivity index is 1.76. The second-order valence-corrected chi connectivity index (χ2v) is 4.97. The molecule has 2 heterocycles. The monoisotopic (exact) mass is 321 g/mol. The number of rotatable bonds is 4. The van der Waals surface area contributed by atoms with Crippen LogP contribution < -0.4 is 4.84 Å². The van der Waals surface area contributed by atoms with Gasteiger partial charge in [-0.25, -0.2) is 4.98 Å². The first-order valence-corrected chi connectivity index (χ1v) is 6.76. The van der Waals surface area contributed by atoms with Crippen molar-refractivity contribution in [1.29, 1.82) is 0 Å². The Morgan fingerprint density at radius 1 is 1.05 bits per heavy atom. The molecule has 0 saturated heterocycles. The van der Waals surface area contributed by atoms with Gasteiger partial charge in [0.25, 0.3) is 0 Å². The number of nitrogens with zero attached hydrogens (tertiary/aromatic N) is 5. The van der Waals surface area contributed by atoms with Gasteiger partial charge in [0.2, 0.25) is 5.82 Å². The van der Waals surface area contributed by atoms with Crippen molar-refractivity contribution in [3.05, 3.63) is 58.3 Å². The molecule has 0 saturated carbocycles. The third-order valence-electron chi connectivity index (χ3n) is 2.69. The maximum absolute atomic E-state index is 5.86. The molecule has 1 aromatic carbocycles. The summed E-state index contributed by atoms with van der Waals surface area (Å²) in [7, 11) is 0. The number of aromatic nitrogens is 5. The maximum atomic E-state index is 5.86. The highest BCUT2D eigenvalue weighted by Gasteiger charge is 2.10. The van der Waals surface area contributed by atoms with E-state index in [4.69, 9.17) is 28.0 Å². The van der Waals surface area contributed by atoms with Crippen LogP contribution in [0.1, 0.15) is 5.56 Å². The van der Waals surface area contributed by atoms with Gasteiger partial charge in [-0.2, -0.15) is 0 Å². The molecule has 0 amide bonds. The predicted octanol–water partition coefficient (Wildman–Crippen LogP) is 2.67. The van der Waals surface area contributed by atoms with Crippen molar-refractivity contribution in [2.45, 2.75) is 6.61 Å². The van der Waals surface area contributed by atoms with Gasteiger partial charge in [-0.15, -0.1) is 5.10 Å². The van der Waals surface area contributed by atoms with Crippen molar-refractivity contribution >= 4 is 23.2 Å². The van der Waals surface area contributed by atoms with E-state index in [2.05, 4.69) is 20.5 Å². The van der Waals surface area contributed by atoms with Crippen LogP contribution >= 0.6 is 23.2 Å². The van der Waals surface area contributed by atoms with Crippen molar-refractivity contribution in [2.75, 3.05) is 0 Å². The predicted molar refractivity (Wildman–Crippen MR) is 77.8 cm³/mol. The first-order valence-electron chi connectivity index (χ1n) is 6.00. The van der Waals surface area contributed by atoms with Crippen LogP contribution in [0.5, 0.6) is 0 Å². The Morgan fingerprint density at radius 3 is 2.57 bits per heavy atom. The van der Waals surface area contributed by atoms with Crippen molar-refractivity contribution in [1.82, 2.24) is 25.4 Å². The quantitative estimate of drug-likeness (QED) is 0.691. The van der Waals surface area contributed by atoms with Gasteiger partial charge in [-0.05, 0) is 40.8 Å². The molecular formula is C13H9Cl2N5O. The van der Waals surface area contributed by atoms with E-state index in [1.54, 1.807) is 24.4 Å². The maximum Gasteiger partial charge on any atom is 0.222 e. The van der Waals surface area contributed by atoms with Crippen molar-refractivity contribution in [3.8, 4) is 11.4 Å². The number of benzene rings is 1. The van der Waals surface area contributed by atoms with Crippen LogP contribution in [0.4, 0.5) is 0 Å². The average molecular weight is 322 g/mol. The van der Waals surface area contributed by atoms with Crippen LogP contribution in [-0.2, 0) is 6.61 Å². The molecule has 3 rings (SSSR count). The topological polar surface area (TPSA) is 65.7 Å². The Labute approximate surface area is 130 Å². The van der Waals surface area contributed by atoms with Gasteiger partial charge in [-0.3, -0.25) is 0 Å². The third-order valence-corrected chi connectivity index (χ3v) is 3.16. The summed E-state index contributed by atoms with van der Waals surface area (Å²) in [6, 6.07) is 10.7. The summed E-state index contributed by atoms with van der Waals surface area (Å²) < 4.78 is 0. The summed E-state index contributed by atoms with van der Waals surface area (Å²) in [6.45, 7) is 0.274. The lowest BCUT2D eigenvalue weighted by atomic mass is 10.2. The molecule has 0 bridgehead atoms. The smallest absolute Gasteiger partial charge is 0.222 e. The minimum Gasteiger partial charge on any atom is -0.389 e. The molecule has 0 aliphatic carbocycles. The zero-order chi connectivity index (χ0) is 14.7. The molecule has 0 aliphatic heterocycles. The van der Waals surface area contributed by atoms with Gasteiger partial charge >= 0.3 is 0 Å². The van der Waals surface area contributed by atoms with Crippen LogP contribution in [0, 0.1) is 0 Å². The number of halogens is 2. The second-order valence-electron chi connectivity index (χ2n) is 4.14. The zero-order valence-corrected chi connectivity index (χ0v) is 12.2. The van der Waals surface area contributed by atoms with Crippen LogP contribution in [0.3, 0.4) is 0 Å². The van der Waals surface area contributed by atoms with Gasteiger partial charge in [0.15, 0.2) is 0 Å². The number of hydrogen-bond donors (Lipinski definition) is 0. The van der Waals surface area contributed by atoms with Gasteiger partial charge in [0.1, 0.15) is 11.8 Å². The fourth-order valence-electron chi connectivity index (χ4n) is 1.66. The standard InChI is InChI=1S/C13H9Cl2N5O/c14-11-4-2-10(3-5-11)13-17-18-19-20(13)21-8-9-1-6-12(15)16-7-9/h1-7H,8H2. The van der Waals surface area contributed by atoms with E-state index < -0.39 is 0 Å². The van der Waals surface area contributed by atoms with Crippen LogP contribution in [0.15, 0.2) is 42.6 Å². The highest BCUT2D eigenvalue weighted by molar-refractivity contribution is 6.30. The van der Waals surface area contributed by atoms with E-state index in [9.17, 15) is 0 Å². The van der Waals surface area contributed by atoms with Gasteiger partial charge in [-0.1, -0.05) is 34.1 Å². The van der Waals surface area contributed by atoms with Gasteiger partial charge in [0.05, 0.1) is 0 Å². The fraction of sp³-hybridized carbons (Fsp3) is 0.0769. The number of hydrogen-bond acceptors (Lipinski definition) is 5. The molecule has 0 fully saturated rings. The first kappa shape index (κ1) is 13.8.